The van der Waals surface area contributed by atoms with Gasteiger partial charge in [-0.05, 0) is 17.7 Å². The molecule has 28 heavy (non-hydrogen) atoms. The Balaban J connectivity index is 1.36. The zero-order valence-electron chi connectivity index (χ0n) is 15.4. The van der Waals surface area contributed by atoms with E-state index in [1.165, 1.54) is 6.08 Å². The Morgan fingerprint density at radius 1 is 1.07 bits per heavy atom. The lowest BCUT2D eigenvalue weighted by atomic mass is 10.1. The number of piperazine rings is 1. The number of nitriles is 1. The van der Waals surface area contributed by atoms with E-state index in [2.05, 4.69) is 16.0 Å². The number of aromatic nitrogens is 1. The molecule has 4 rings (SSSR count). The van der Waals surface area contributed by atoms with Crippen molar-refractivity contribution in [3.8, 4) is 6.07 Å². The zero-order chi connectivity index (χ0) is 19.3. The number of fused-ring (bicyclic) bond motifs is 1. The first-order chi connectivity index (χ1) is 13.7. The highest BCUT2D eigenvalue weighted by atomic mass is 16.3. The van der Waals surface area contributed by atoms with Gasteiger partial charge in [-0.3, -0.25) is 9.69 Å². The van der Waals surface area contributed by atoms with Crippen molar-refractivity contribution in [2.75, 3.05) is 26.2 Å². The molecule has 0 saturated carbocycles. The van der Waals surface area contributed by atoms with Crippen molar-refractivity contribution in [2.24, 2.45) is 0 Å². The average Bonchev–Trinajstić information content (AvgIpc) is 3.17. The smallest absolute Gasteiger partial charge is 0.246 e. The molecule has 1 aliphatic rings. The molecule has 6 heteroatoms. The van der Waals surface area contributed by atoms with Crippen molar-refractivity contribution < 1.29 is 9.21 Å². The summed E-state index contributed by atoms with van der Waals surface area (Å²) in [6.45, 7) is 2.49. The van der Waals surface area contributed by atoms with Crippen LogP contribution in [0.1, 0.15) is 17.5 Å². The van der Waals surface area contributed by atoms with Crippen LogP contribution in [-0.4, -0.2) is 46.9 Å². The van der Waals surface area contributed by atoms with Crippen LogP contribution in [0, 0.1) is 11.3 Å². The second-order valence-corrected chi connectivity index (χ2v) is 6.66. The van der Waals surface area contributed by atoms with Gasteiger partial charge in [-0.15, -0.1) is 0 Å². The molecular formula is C22H20N4O2. The molecule has 0 N–H and O–H groups in total. The van der Waals surface area contributed by atoms with Gasteiger partial charge in [0.25, 0.3) is 0 Å². The van der Waals surface area contributed by atoms with E-state index >= 15 is 0 Å². The molecule has 2 heterocycles. The van der Waals surface area contributed by atoms with Gasteiger partial charge >= 0.3 is 0 Å². The van der Waals surface area contributed by atoms with Crippen LogP contribution >= 0.6 is 0 Å². The first-order valence-corrected chi connectivity index (χ1v) is 9.26. The summed E-state index contributed by atoms with van der Waals surface area (Å²) in [4.78, 5) is 20.7. The van der Waals surface area contributed by atoms with Crippen molar-refractivity contribution in [3.05, 3.63) is 72.1 Å². The summed E-state index contributed by atoms with van der Waals surface area (Å²) >= 11 is 0. The van der Waals surface area contributed by atoms with Crippen molar-refractivity contribution in [2.45, 2.75) is 6.04 Å². The fraction of sp³-hybridized carbons (Fsp3) is 0.227. The van der Waals surface area contributed by atoms with Gasteiger partial charge in [0, 0.05) is 38.3 Å². The number of nitrogens with zero attached hydrogens (tertiary/aromatic N) is 4. The molecule has 0 radical (unpaired) electrons. The molecule has 1 atom stereocenters. The summed E-state index contributed by atoms with van der Waals surface area (Å²) in [5.41, 5.74) is 2.46. The summed E-state index contributed by atoms with van der Waals surface area (Å²) in [6.07, 6.45) is 3.11. The normalized spacial score (nSPS) is 16.3. The topological polar surface area (TPSA) is 73.4 Å². The van der Waals surface area contributed by atoms with Gasteiger partial charge in [0.1, 0.15) is 11.6 Å². The SMILES string of the molecule is N#CC(c1ccccc1)N1CCN(C(=O)C=Cc2nc3ccccc3o2)CC1. The van der Waals surface area contributed by atoms with E-state index < -0.39 is 0 Å². The van der Waals surface area contributed by atoms with Crippen LogP contribution in [0.5, 0.6) is 0 Å². The third-order valence-corrected chi connectivity index (χ3v) is 4.91. The number of hydrogen-bond donors (Lipinski definition) is 0. The summed E-state index contributed by atoms with van der Waals surface area (Å²) < 4.78 is 5.60. The lowest BCUT2D eigenvalue weighted by Crippen LogP contribution is -2.49. The largest absolute Gasteiger partial charge is 0.437 e. The van der Waals surface area contributed by atoms with Crippen LogP contribution in [0.25, 0.3) is 17.2 Å². The van der Waals surface area contributed by atoms with Gasteiger partial charge in [-0.2, -0.15) is 5.26 Å². The molecule has 0 spiro atoms. The fourth-order valence-corrected chi connectivity index (χ4v) is 3.41. The number of rotatable bonds is 4. The molecule has 1 saturated heterocycles. The molecule has 1 fully saturated rings. The predicted molar refractivity (Wildman–Crippen MR) is 106 cm³/mol. The molecule has 2 aromatic carbocycles. The third-order valence-electron chi connectivity index (χ3n) is 4.91. The van der Waals surface area contributed by atoms with Gasteiger partial charge in [0.2, 0.25) is 11.8 Å². The Labute approximate surface area is 163 Å². The number of oxazole rings is 1. The maximum absolute atomic E-state index is 12.5. The van der Waals surface area contributed by atoms with Gasteiger partial charge in [-0.25, -0.2) is 4.98 Å². The highest BCUT2D eigenvalue weighted by Crippen LogP contribution is 2.21. The first-order valence-electron chi connectivity index (χ1n) is 9.26. The van der Waals surface area contributed by atoms with E-state index in [1.54, 1.807) is 11.0 Å². The van der Waals surface area contributed by atoms with Gasteiger partial charge in [-0.1, -0.05) is 42.5 Å². The maximum atomic E-state index is 12.5. The minimum absolute atomic E-state index is 0.0740. The van der Waals surface area contributed by atoms with Crippen molar-refractivity contribution in [3.63, 3.8) is 0 Å². The van der Waals surface area contributed by atoms with E-state index in [9.17, 15) is 10.1 Å². The Kier molecular flexibility index (Phi) is 5.18. The fourth-order valence-electron chi connectivity index (χ4n) is 3.41. The molecule has 1 unspecified atom stereocenters. The lowest BCUT2D eigenvalue weighted by molar-refractivity contribution is -0.127. The average molecular weight is 372 g/mol. The first kappa shape index (κ1) is 18.0. The van der Waals surface area contributed by atoms with Crippen LogP contribution in [0.2, 0.25) is 0 Å². The number of hydrogen-bond acceptors (Lipinski definition) is 5. The molecule has 140 valence electrons. The van der Waals surface area contributed by atoms with Crippen molar-refractivity contribution >= 4 is 23.1 Å². The molecule has 0 aliphatic carbocycles. The molecular weight excluding hydrogens is 352 g/mol. The highest BCUT2D eigenvalue weighted by molar-refractivity contribution is 5.91. The van der Waals surface area contributed by atoms with E-state index in [-0.39, 0.29) is 11.9 Å². The predicted octanol–water partition coefficient (Wildman–Crippen LogP) is 3.25. The number of carbonyl (C=O) groups is 1. The third kappa shape index (κ3) is 3.80. The van der Waals surface area contributed by atoms with E-state index in [1.807, 2.05) is 54.6 Å². The second-order valence-electron chi connectivity index (χ2n) is 6.66. The lowest BCUT2D eigenvalue weighted by Gasteiger charge is -2.36. The quantitative estimate of drug-likeness (QED) is 0.657. The van der Waals surface area contributed by atoms with E-state index in [0.717, 1.165) is 11.1 Å². The number of benzene rings is 2. The minimum atomic E-state index is -0.284. The second kappa shape index (κ2) is 8.07. The Morgan fingerprint density at radius 2 is 1.79 bits per heavy atom. The molecule has 0 bridgehead atoms. The monoisotopic (exact) mass is 372 g/mol. The summed E-state index contributed by atoms with van der Waals surface area (Å²) in [6, 6.07) is 19.4. The van der Waals surface area contributed by atoms with E-state index in [0.29, 0.717) is 37.7 Å². The standard InChI is InChI=1S/C22H20N4O2/c23-16-19(17-6-2-1-3-7-17)25-12-14-26(15-13-25)22(27)11-10-21-24-18-8-4-5-9-20(18)28-21/h1-11,19H,12-15H2. The molecule has 3 aromatic rings. The van der Waals surface area contributed by atoms with Crippen LogP contribution in [0.3, 0.4) is 0 Å². The van der Waals surface area contributed by atoms with Crippen molar-refractivity contribution in [1.29, 1.82) is 5.26 Å². The van der Waals surface area contributed by atoms with Crippen LogP contribution in [0.4, 0.5) is 0 Å². The summed E-state index contributed by atoms with van der Waals surface area (Å²) in [5, 5.41) is 9.58. The number of para-hydroxylation sites is 2. The Morgan fingerprint density at radius 3 is 2.50 bits per heavy atom. The van der Waals surface area contributed by atoms with Gasteiger partial charge < -0.3 is 9.32 Å². The zero-order valence-corrected chi connectivity index (χ0v) is 15.4. The van der Waals surface area contributed by atoms with Crippen LogP contribution < -0.4 is 0 Å². The summed E-state index contributed by atoms with van der Waals surface area (Å²) in [7, 11) is 0. The molecule has 1 amide bonds. The molecule has 6 nitrogen and oxygen atoms in total. The van der Waals surface area contributed by atoms with Crippen LogP contribution in [0.15, 0.2) is 65.1 Å². The Hall–Kier alpha value is -3.43. The van der Waals surface area contributed by atoms with Crippen molar-refractivity contribution in [1.82, 2.24) is 14.8 Å². The highest BCUT2D eigenvalue weighted by Gasteiger charge is 2.26. The van der Waals surface area contributed by atoms with Crippen LogP contribution in [-0.2, 0) is 4.79 Å². The van der Waals surface area contributed by atoms with Gasteiger partial charge in [0.05, 0.1) is 6.07 Å². The van der Waals surface area contributed by atoms with Gasteiger partial charge in [0.15, 0.2) is 5.58 Å². The molecule has 1 aromatic heterocycles. The summed E-state index contributed by atoms with van der Waals surface area (Å²) in [5.74, 6) is 0.344. The number of carbonyl (C=O) groups excluding carboxylic acids is 1. The number of amides is 1. The molecule has 1 aliphatic heterocycles. The Bertz CT molecular complexity index is 994. The maximum Gasteiger partial charge on any atom is 0.246 e. The minimum Gasteiger partial charge on any atom is -0.437 e. The van der Waals surface area contributed by atoms with E-state index in [4.69, 9.17) is 4.42 Å².